The lowest BCUT2D eigenvalue weighted by Gasteiger charge is -2.24. The lowest BCUT2D eigenvalue weighted by Crippen LogP contribution is -2.42. The lowest BCUT2D eigenvalue weighted by molar-refractivity contribution is -0.121. The van der Waals surface area contributed by atoms with Gasteiger partial charge in [0.2, 0.25) is 5.76 Å². The highest BCUT2D eigenvalue weighted by molar-refractivity contribution is 5.94. The van der Waals surface area contributed by atoms with Crippen LogP contribution in [0.5, 0.6) is 0 Å². The Bertz CT molecular complexity index is 406. The molecule has 0 aromatic heterocycles. The van der Waals surface area contributed by atoms with Crippen molar-refractivity contribution in [1.29, 1.82) is 0 Å². The Morgan fingerprint density at radius 3 is 3.00 bits per heavy atom. The Morgan fingerprint density at radius 2 is 2.35 bits per heavy atom. The number of hydrogen-bond donors (Lipinski definition) is 2. The molecule has 1 atom stereocenters. The number of nitrogens with one attached hydrogen (secondary N) is 2. The summed E-state index contributed by atoms with van der Waals surface area (Å²) in [5, 5.41) is 8.03. The van der Waals surface area contributed by atoms with Crippen LogP contribution in [0.3, 0.4) is 0 Å². The molecule has 2 heterocycles. The predicted molar refractivity (Wildman–Crippen MR) is 56.4 cm³/mol. The van der Waals surface area contributed by atoms with Crippen molar-refractivity contribution < 1.29 is 14.3 Å². The van der Waals surface area contributed by atoms with E-state index in [-0.39, 0.29) is 12.5 Å². The number of nitroso groups, excluding NO2 is 1. The number of carbonyl (C=O) groups excluding carboxylic acids is 1. The fourth-order valence-corrected chi connectivity index (χ4v) is 1.52. The molecule has 1 amide bonds. The van der Waals surface area contributed by atoms with Crippen LogP contribution in [0.25, 0.3) is 0 Å². The summed E-state index contributed by atoms with van der Waals surface area (Å²) in [5.41, 5.74) is 0. The summed E-state index contributed by atoms with van der Waals surface area (Å²) in [6.45, 7) is 5.96. The fourth-order valence-electron chi connectivity index (χ4n) is 1.52. The fraction of sp³-hybridized carbons (Fsp3) is 0.444. The highest BCUT2D eigenvalue weighted by Gasteiger charge is 2.40. The summed E-state index contributed by atoms with van der Waals surface area (Å²) in [4.78, 5) is 23.6. The molecule has 8 heteroatoms. The van der Waals surface area contributed by atoms with E-state index in [1.165, 1.54) is 4.90 Å². The van der Waals surface area contributed by atoms with Crippen LogP contribution in [0.4, 0.5) is 0 Å². The molecule has 0 spiro atoms. The molecule has 0 bridgehead atoms. The Balaban J connectivity index is 2.24. The maximum absolute atomic E-state index is 11.6. The first-order valence-corrected chi connectivity index (χ1v) is 5.02. The van der Waals surface area contributed by atoms with Gasteiger partial charge in [0, 0.05) is 6.61 Å². The van der Waals surface area contributed by atoms with Gasteiger partial charge in [-0.15, -0.1) is 4.91 Å². The number of ether oxygens (including phenoxy) is 2. The SMILES string of the molecule is C=C1NC(=O)C2=C(N1)N(COCC)C(N=O)O2. The van der Waals surface area contributed by atoms with E-state index >= 15 is 0 Å². The Labute approximate surface area is 97.2 Å². The number of rotatable bonds is 4. The first kappa shape index (κ1) is 11.4. The maximum atomic E-state index is 11.6. The van der Waals surface area contributed by atoms with Crippen LogP contribution >= 0.6 is 0 Å². The molecule has 2 rings (SSSR count). The van der Waals surface area contributed by atoms with Gasteiger partial charge in [-0.25, -0.2) is 0 Å². The van der Waals surface area contributed by atoms with Gasteiger partial charge in [0.15, 0.2) is 5.82 Å². The molecule has 0 fully saturated rings. The normalized spacial score (nSPS) is 22.9. The average Bonchev–Trinajstić information content (AvgIpc) is 2.64. The van der Waals surface area contributed by atoms with Crippen molar-refractivity contribution in [3.05, 3.63) is 28.9 Å². The summed E-state index contributed by atoms with van der Waals surface area (Å²) in [5.74, 6) is 0.209. The van der Waals surface area contributed by atoms with Crippen molar-refractivity contribution in [3.8, 4) is 0 Å². The zero-order valence-electron chi connectivity index (χ0n) is 9.23. The van der Waals surface area contributed by atoms with Crippen LogP contribution in [0, 0.1) is 4.91 Å². The Kier molecular flexibility index (Phi) is 2.96. The van der Waals surface area contributed by atoms with Crippen LogP contribution in [0.1, 0.15) is 6.92 Å². The topological polar surface area (TPSA) is 92.3 Å². The summed E-state index contributed by atoms with van der Waals surface area (Å²) >= 11 is 0. The van der Waals surface area contributed by atoms with E-state index in [1.54, 1.807) is 0 Å². The zero-order valence-corrected chi connectivity index (χ0v) is 9.23. The van der Waals surface area contributed by atoms with Crippen LogP contribution < -0.4 is 10.6 Å². The van der Waals surface area contributed by atoms with Gasteiger partial charge < -0.3 is 20.1 Å². The minimum atomic E-state index is -1.10. The largest absolute Gasteiger partial charge is 0.438 e. The maximum Gasteiger partial charge on any atom is 0.312 e. The number of hydrogen-bond acceptors (Lipinski definition) is 7. The molecule has 0 aromatic rings. The highest BCUT2D eigenvalue weighted by atomic mass is 16.6. The molecule has 0 aromatic carbocycles. The molecule has 17 heavy (non-hydrogen) atoms. The molecular formula is C9H12N4O4. The van der Waals surface area contributed by atoms with Gasteiger partial charge in [0.1, 0.15) is 12.6 Å². The van der Waals surface area contributed by atoms with Crippen molar-refractivity contribution in [2.24, 2.45) is 5.18 Å². The van der Waals surface area contributed by atoms with Crippen LogP contribution in [0.2, 0.25) is 0 Å². The second-order valence-corrected chi connectivity index (χ2v) is 3.38. The quantitative estimate of drug-likeness (QED) is 0.657. The smallest absolute Gasteiger partial charge is 0.312 e. The summed E-state index contributed by atoms with van der Waals surface area (Å²) in [7, 11) is 0. The van der Waals surface area contributed by atoms with Gasteiger partial charge in [0.25, 0.3) is 5.91 Å². The molecule has 8 nitrogen and oxygen atoms in total. The second-order valence-electron chi connectivity index (χ2n) is 3.38. The van der Waals surface area contributed by atoms with E-state index in [2.05, 4.69) is 22.4 Å². The molecule has 2 aliphatic rings. The predicted octanol–water partition coefficient (Wildman–Crippen LogP) is -0.278. The summed E-state index contributed by atoms with van der Waals surface area (Å²) < 4.78 is 10.3. The van der Waals surface area contributed by atoms with Gasteiger partial charge in [-0.05, 0) is 12.1 Å². The first-order chi connectivity index (χ1) is 8.17. The molecule has 2 aliphatic heterocycles. The van der Waals surface area contributed by atoms with E-state index in [0.29, 0.717) is 18.2 Å². The van der Waals surface area contributed by atoms with E-state index in [0.717, 1.165) is 0 Å². The van der Waals surface area contributed by atoms with E-state index < -0.39 is 12.3 Å². The van der Waals surface area contributed by atoms with Crippen molar-refractivity contribution in [1.82, 2.24) is 15.5 Å². The lowest BCUT2D eigenvalue weighted by atomic mass is 10.4. The summed E-state index contributed by atoms with van der Waals surface area (Å²) in [6.07, 6.45) is -1.10. The summed E-state index contributed by atoms with van der Waals surface area (Å²) in [6, 6.07) is 0. The third-order valence-corrected chi connectivity index (χ3v) is 2.26. The van der Waals surface area contributed by atoms with Crippen molar-refractivity contribution >= 4 is 5.91 Å². The van der Waals surface area contributed by atoms with Gasteiger partial charge in [0.05, 0.1) is 0 Å². The molecular weight excluding hydrogens is 228 g/mol. The molecule has 92 valence electrons. The second kappa shape index (κ2) is 4.42. The van der Waals surface area contributed by atoms with Crippen molar-refractivity contribution in [3.63, 3.8) is 0 Å². The molecule has 2 N–H and O–H groups in total. The van der Waals surface area contributed by atoms with E-state index in [1.807, 2.05) is 6.92 Å². The van der Waals surface area contributed by atoms with E-state index in [9.17, 15) is 9.70 Å². The monoisotopic (exact) mass is 240 g/mol. The molecule has 0 radical (unpaired) electrons. The molecule has 0 aliphatic carbocycles. The molecule has 0 saturated heterocycles. The standard InChI is InChI=1S/C9H12N4O4/c1-3-16-4-13-7-6(17-9(13)12-15)8(14)11-5(2)10-7/h9-10H,2-4H2,1H3,(H,11,14). The minimum Gasteiger partial charge on any atom is -0.438 e. The zero-order chi connectivity index (χ0) is 12.4. The third-order valence-electron chi connectivity index (χ3n) is 2.26. The Morgan fingerprint density at radius 1 is 1.59 bits per heavy atom. The van der Waals surface area contributed by atoms with E-state index in [4.69, 9.17) is 9.47 Å². The van der Waals surface area contributed by atoms with Crippen molar-refractivity contribution in [2.75, 3.05) is 13.3 Å². The van der Waals surface area contributed by atoms with Crippen LogP contribution in [-0.4, -0.2) is 30.5 Å². The highest BCUT2D eigenvalue weighted by Crippen LogP contribution is 2.27. The average molecular weight is 240 g/mol. The number of amides is 1. The van der Waals surface area contributed by atoms with Gasteiger partial charge >= 0.3 is 6.35 Å². The van der Waals surface area contributed by atoms with Crippen molar-refractivity contribution in [2.45, 2.75) is 13.3 Å². The number of carbonyl (C=O) groups is 1. The van der Waals surface area contributed by atoms with Crippen LogP contribution in [-0.2, 0) is 14.3 Å². The minimum absolute atomic E-state index is 0.0155. The van der Waals surface area contributed by atoms with Gasteiger partial charge in [-0.1, -0.05) is 6.58 Å². The Hall–Kier alpha value is -2.09. The molecule has 1 unspecified atom stereocenters. The number of nitrogens with zero attached hydrogens (tertiary/aromatic N) is 2. The van der Waals surface area contributed by atoms with Gasteiger partial charge in [-0.3, -0.25) is 9.69 Å². The van der Waals surface area contributed by atoms with Crippen LogP contribution in [0.15, 0.2) is 29.2 Å². The van der Waals surface area contributed by atoms with Gasteiger partial charge in [-0.2, -0.15) is 0 Å². The third kappa shape index (κ3) is 1.94. The first-order valence-electron chi connectivity index (χ1n) is 5.02. The molecule has 0 saturated carbocycles.